The Morgan fingerprint density at radius 2 is 1.79 bits per heavy atom. The summed E-state index contributed by atoms with van der Waals surface area (Å²) in [7, 11) is 0. The fourth-order valence-electron chi connectivity index (χ4n) is 3.30. The summed E-state index contributed by atoms with van der Waals surface area (Å²) in [5, 5.41) is 2.94. The van der Waals surface area contributed by atoms with Crippen LogP contribution < -0.4 is 10.2 Å². The number of carbonyl (C=O) groups excluding carboxylic acids is 1. The van der Waals surface area contributed by atoms with E-state index in [0.717, 1.165) is 29.2 Å². The Balaban J connectivity index is 1.53. The normalized spacial score (nSPS) is 10.9. The maximum Gasteiger partial charge on any atom is 0.224 e. The molecule has 3 rings (SSSR count). The highest BCUT2D eigenvalue weighted by Crippen LogP contribution is 2.22. The highest BCUT2D eigenvalue weighted by molar-refractivity contribution is 5.91. The zero-order valence-electron chi connectivity index (χ0n) is 17.6. The summed E-state index contributed by atoms with van der Waals surface area (Å²) < 4.78 is 5.79. The van der Waals surface area contributed by atoms with Crippen LogP contribution in [0.2, 0.25) is 0 Å². The van der Waals surface area contributed by atoms with Gasteiger partial charge in [0.2, 0.25) is 5.91 Å². The van der Waals surface area contributed by atoms with Crippen molar-refractivity contribution in [1.82, 2.24) is 4.98 Å². The second-order valence-electron chi connectivity index (χ2n) is 7.46. The van der Waals surface area contributed by atoms with E-state index in [-0.39, 0.29) is 5.91 Å². The van der Waals surface area contributed by atoms with Crippen molar-refractivity contribution < 1.29 is 9.21 Å². The van der Waals surface area contributed by atoms with Crippen LogP contribution in [0.25, 0.3) is 11.3 Å². The highest BCUT2D eigenvalue weighted by atomic mass is 16.4. The van der Waals surface area contributed by atoms with E-state index in [1.165, 1.54) is 5.56 Å². The largest absolute Gasteiger partial charge is 0.441 e. The van der Waals surface area contributed by atoms with E-state index >= 15 is 0 Å². The number of nitrogens with zero attached hydrogens (tertiary/aromatic N) is 2. The maximum absolute atomic E-state index is 12.3. The Hall–Kier alpha value is -3.08. The van der Waals surface area contributed by atoms with Crippen LogP contribution in [-0.2, 0) is 11.2 Å². The number of aryl methyl sites for hydroxylation is 2. The second-order valence-corrected chi connectivity index (χ2v) is 7.46. The summed E-state index contributed by atoms with van der Waals surface area (Å²) in [6.45, 7) is 9.48. The molecule has 2 aromatic carbocycles. The Morgan fingerprint density at radius 1 is 1.10 bits per heavy atom. The topological polar surface area (TPSA) is 58.4 Å². The van der Waals surface area contributed by atoms with E-state index in [2.05, 4.69) is 36.0 Å². The summed E-state index contributed by atoms with van der Waals surface area (Å²) in [5.41, 5.74) is 4.14. The molecule has 0 spiro atoms. The van der Waals surface area contributed by atoms with Gasteiger partial charge in [0.15, 0.2) is 11.7 Å². The third-order valence-corrected chi connectivity index (χ3v) is 4.90. The lowest BCUT2D eigenvalue weighted by molar-refractivity contribution is -0.116. The molecule has 29 heavy (non-hydrogen) atoms. The molecule has 0 radical (unpaired) electrons. The Labute approximate surface area is 172 Å². The van der Waals surface area contributed by atoms with Crippen LogP contribution in [0.3, 0.4) is 0 Å². The van der Waals surface area contributed by atoms with Gasteiger partial charge in [-0.3, -0.25) is 4.79 Å². The van der Waals surface area contributed by atoms with Gasteiger partial charge in [-0.1, -0.05) is 29.8 Å². The van der Waals surface area contributed by atoms with Crippen LogP contribution in [0, 0.1) is 6.92 Å². The number of hydrogen-bond donors (Lipinski definition) is 1. The lowest BCUT2D eigenvalue weighted by Crippen LogP contribution is -2.30. The smallest absolute Gasteiger partial charge is 0.224 e. The fraction of sp³-hybridized carbons (Fsp3) is 0.333. The minimum absolute atomic E-state index is 0.0518. The Morgan fingerprint density at radius 3 is 2.41 bits per heavy atom. The van der Waals surface area contributed by atoms with Gasteiger partial charge in [-0.15, -0.1) is 0 Å². The lowest BCUT2D eigenvalue weighted by Gasteiger charge is -2.27. The molecule has 0 saturated carbocycles. The number of aromatic nitrogens is 1. The summed E-state index contributed by atoms with van der Waals surface area (Å²) in [4.78, 5) is 18.9. The van der Waals surface area contributed by atoms with Gasteiger partial charge in [-0.05, 0) is 52.0 Å². The first-order valence-corrected chi connectivity index (χ1v) is 10.1. The Kier molecular flexibility index (Phi) is 6.70. The molecule has 0 atom stereocenters. The summed E-state index contributed by atoms with van der Waals surface area (Å²) in [6.07, 6.45) is 2.50. The predicted octanol–water partition coefficient (Wildman–Crippen LogP) is 5.46. The first-order valence-electron chi connectivity index (χ1n) is 10.1. The van der Waals surface area contributed by atoms with Gasteiger partial charge in [0.1, 0.15) is 0 Å². The molecule has 152 valence electrons. The van der Waals surface area contributed by atoms with Crippen LogP contribution in [0.1, 0.15) is 38.6 Å². The van der Waals surface area contributed by atoms with E-state index in [1.807, 2.05) is 55.5 Å². The highest BCUT2D eigenvalue weighted by Gasteiger charge is 2.11. The minimum Gasteiger partial charge on any atom is -0.441 e. The number of hydrogen-bond acceptors (Lipinski definition) is 4. The van der Waals surface area contributed by atoms with Crippen LogP contribution in [-0.4, -0.2) is 23.5 Å². The van der Waals surface area contributed by atoms with Crippen molar-refractivity contribution in [3.8, 4) is 11.3 Å². The van der Waals surface area contributed by atoms with Crippen LogP contribution in [0.5, 0.6) is 0 Å². The molecule has 3 aromatic rings. The standard InChI is InChI=1S/C24H29N3O2/c1-5-27(17(2)3)21-12-10-20(11-13-21)26-23(28)14-15-24-25-16-22(29-24)19-8-6-18(4)7-9-19/h6-13,16-17H,5,14-15H2,1-4H3,(H,26,28). The zero-order chi connectivity index (χ0) is 20.8. The number of amides is 1. The predicted molar refractivity (Wildman–Crippen MR) is 118 cm³/mol. The molecule has 1 amide bonds. The first kappa shape index (κ1) is 20.6. The van der Waals surface area contributed by atoms with E-state index < -0.39 is 0 Å². The lowest BCUT2D eigenvalue weighted by atomic mass is 10.1. The quantitative estimate of drug-likeness (QED) is 0.554. The van der Waals surface area contributed by atoms with Crippen molar-refractivity contribution in [2.24, 2.45) is 0 Å². The van der Waals surface area contributed by atoms with Crippen LogP contribution in [0.4, 0.5) is 11.4 Å². The average Bonchev–Trinajstić information content (AvgIpc) is 3.18. The fourth-order valence-corrected chi connectivity index (χ4v) is 3.30. The van der Waals surface area contributed by atoms with Gasteiger partial charge in [-0.25, -0.2) is 4.98 Å². The van der Waals surface area contributed by atoms with Crippen LogP contribution >= 0.6 is 0 Å². The van der Waals surface area contributed by atoms with E-state index in [1.54, 1.807) is 6.20 Å². The van der Waals surface area contributed by atoms with Crippen molar-refractivity contribution in [2.75, 3.05) is 16.8 Å². The molecule has 1 aromatic heterocycles. The van der Waals surface area contributed by atoms with Gasteiger partial charge in [0.05, 0.1) is 6.20 Å². The molecule has 0 aliphatic rings. The number of carbonyl (C=O) groups is 1. The number of benzene rings is 2. The van der Waals surface area contributed by atoms with Crippen molar-refractivity contribution in [3.63, 3.8) is 0 Å². The third-order valence-electron chi connectivity index (χ3n) is 4.90. The first-order chi connectivity index (χ1) is 14.0. The van der Waals surface area contributed by atoms with Crippen LogP contribution in [0.15, 0.2) is 59.1 Å². The molecular formula is C24H29N3O2. The number of oxazole rings is 1. The van der Waals surface area contributed by atoms with Crippen molar-refractivity contribution in [2.45, 2.75) is 46.6 Å². The van der Waals surface area contributed by atoms with E-state index in [0.29, 0.717) is 24.8 Å². The van der Waals surface area contributed by atoms with Crippen molar-refractivity contribution in [1.29, 1.82) is 0 Å². The van der Waals surface area contributed by atoms with Gasteiger partial charge >= 0.3 is 0 Å². The SMILES string of the molecule is CCN(c1ccc(NC(=O)CCc2ncc(-c3ccc(C)cc3)o2)cc1)C(C)C. The molecule has 0 bridgehead atoms. The van der Waals surface area contributed by atoms with Gasteiger partial charge < -0.3 is 14.6 Å². The number of nitrogens with one attached hydrogen (secondary N) is 1. The molecule has 0 aliphatic heterocycles. The van der Waals surface area contributed by atoms with Crippen molar-refractivity contribution in [3.05, 3.63) is 66.2 Å². The molecular weight excluding hydrogens is 362 g/mol. The zero-order valence-corrected chi connectivity index (χ0v) is 17.6. The maximum atomic E-state index is 12.3. The summed E-state index contributed by atoms with van der Waals surface area (Å²) >= 11 is 0. The molecule has 1 N–H and O–H groups in total. The second kappa shape index (κ2) is 9.41. The molecule has 5 nitrogen and oxygen atoms in total. The molecule has 0 saturated heterocycles. The van der Waals surface area contributed by atoms with E-state index in [9.17, 15) is 4.79 Å². The Bertz CT molecular complexity index is 928. The van der Waals surface area contributed by atoms with E-state index in [4.69, 9.17) is 4.42 Å². The monoisotopic (exact) mass is 391 g/mol. The molecule has 0 fully saturated rings. The van der Waals surface area contributed by atoms with Crippen molar-refractivity contribution >= 4 is 17.3 Å². The molecule has 1 heterocycles. The molecule has 0 aliphatic carbocycles. The van der Waals surface area contributed by atoms with Gasteiger partial charge in [-0.2, -0.15) is 0 Å². The minimum atomic E-state index is -0.0518. The molecule has 5 heteroatoms. The number of anilines is 2. The number of rotatable bonds is 8. The summed E-state index contributed by atoms with van der Waals surface area (Å²) in [6, 6.07) is 16.5. The van der Waals surface area contributed by atoms with Gasteiger partial charge in [0, 0.05) is 42.4 Å². The summed E-state index contributed by atoms with van der Waals surface area (Å²) in [5.74, 6) is 1.24. The average molecular weight is 392 g/mol. The third kappa shape index (κ3) is 5.47. The molecule has 0 unspecified atom stereocenters. The van der Waals surface area contributed by atoms with Gasteiger partial charge in [0.25, 0.3) is 0 Å².